The summed E-state index contributed by atoms with van der Waals surface area (Å²) in [5.74, 6) is 1.72. The van der Waals surface area contributed by atoms with Crippen LogP contribution in [0.3, 0.4) is 0 Å². The Kier molecular flexibility index (Phi) is 14.1. The van der Waals surface area contributed by atoms with E-state index >= 15 is 0 Å². The lowest BCUT2D eigenvalue weighted by atomic mass is 10.0. The molecule has 1 saturated heterocycles. The van der Waals surface area contributed by atoms with Crippen LogP contribution in [0.2, 0.25) is 0 Å². The quantitative estimate of drug-likeness (QED) is 0.303. The summed E-state index contributed by atoms with van der Waals surface area (Å²) in [4.78, 5) is 7.35. The number of methoxy groups -OCH3 is 1. The Bertz CT molecular complexity index is 339. The second-order valence-corrected chi connectivity index (χ2v) is 7.06. The van der Waals surface area contributed by atoms with Gasteiger partial charge in [-0.15, -0.1) is 24.0 Å². The van der Waals surface area contributed by atoms with Crippen molar-refractivity contribution < 1.29 is 4.74 Å². The summed E-state index contributed by atoms with van der Waals surface area (Å²) >= 11 is 0. The molecule has 0 aliphatic carbocycles. The van der Waals surface area contributed by atoms with Crippen molar-refractivity contribution >= 4 is 29.9 Å². The first-order valence-electron chi connectivity index (χ1n) is 9.34. The van der Waals surface area contributed by atoms with Crippen molar-refractivity contribution in [2.45, 2.75) is 65.5 Å². The number of likely N-dealkylation sites (tertiary alicyclic amines) is 1. The number of halogens is 1. The van der Waals surface area contributed by atoms with Gasteiger partial charge in [0.25, 0.3) is 0 Å². The Hall–Kier alpha value is -0.0800. The molecule has 0 aromatic carbocycles. The smallest absolute Gasteiger partial charge is 0.191 e. The molecule has 2 atom stereocenters. The number of aliphatic imine (C=N–C) groups is 1. The summed E-state index contributed by atoms with van der Waals surface area (Å²) in [6.07, 6.45) is 4.96. The number of hydrogen-bond donors (Lipinski definition) is 2. The van der Waals surface area contributed by atoms with Gasteiger partial charge in [-0.05, 0) is 52.0 Å². The number of hydrogen-bond acceptors (Lipinski definition) is 3. The van der Waals surface area contributed by atoms with Crippen LogP contribution in [0.4, 0.5) is 0 Å². The number of ether oxygens (including phenoxy) is 1. The predicted octanol–water partition coefficient (Wildman–Crippen LogP) is 3.10. The third kappa shape index (κ3) is 10.0. The maximum atomic E-state index is 5.21. The van der Waals surface area contributed by atoms with E-state index in [0.29, 0.717) is 12.1 Å². The normalized spacial score (nSPS) is 20.1. The monoisotopic (exact) mass is 454 g/mol. The van der Waals surface area contributed by atoms with Gasteiger partial charge < -0.3 is 15.4 Å². The Morgan fingerprint density at radius 3 is 2.67 bits per heavy atom. The first-order chi connectivity index (χ1) is 11.1. The van der Waals surface area contributed by atoms with Crippen molar-refractivity contribution in [2.24, 2.45) is 10.9 Å². The van der Waals surface area contributed by atoms with Gasteiger partial charge >= 0.3 is 0 Å². The van der Waals surface area contributed by atoms with Crippen LogP contribution < -0.4 is 10.6 Å². The van der Waals surface area contributed by atoms with Gasteiger partial charge in [0.05, 0.1) is 13.2 Å². The van der Waals surface area contributed by atoms with Crippen LogP contribution in [0, 0.1) is 5.92 Å². The lowest BCUT2D eigenvalue weighted by Gasteiger charge is -2.24. The van der Waals surface area contributed by atoms with E-state index in [2.05, 4.69) is 43.2 Å². The highest BCUT2D eigenvalue weighted by Gasteiger charge is 2.23. The van der Waals surface area contributed by atoms with Crippen molar-refractivity contribution in [3.8, 4) is 0 Å². The zero-order chi connectivity index (χ0) is 17.1. The zero-order valence-corrected chi connectivity index (χ0v) is 18.6. The molecule has 0 saturated carbocycles. The molecule has 0 spiro atoms. The second kappa shape index (κ2) is 14.1. The highest BCUT2D eigenvalue weighted by atomic mass is 127. The molecule has 1 rings (SSSR count). The van der Waals surface area contributed by atoms with Gasteiger partial charge in [-0.25, -0.2) is 0 Å². The molecule has 5 nitrogen and oxygen atoms in total. The fourth-order valence-corrected chi connectivity index (χ4v) is 3.01. The Balaban J connectivity index is 0.00000529. The van der Waals surface area contributed by atoms with Crippen LogP contribution >= 0.6 is 24.0 Å². The standard InChI is InChI=1S/C18H38N4O.HI/c1-6-19-18(21-16(4)10-9-15(2)3)20-14-17-8-7-11-22(17)12-13-23-5;/h15-17H,6-14H2,1-5H3,(H2,19,20,21);1H. The predicted molar refractivity (Wildman–Crippen MR) is 115 cm³/mol. The molecule has 1 aliphatic rings. The highest BCUT2D eigenvalue weighted by Crippen LogP contribution is 2.16. The minimum absolute atomic E-state index is 0. The third-order valence-electron chi connectivity index (χ3n) is 4.45. The average Bonchev–Trinajstić information content (AvgIpc) is 2.96. The van der Waals surface area contributed by atoms with E-state index in [9.17, 15) is 0 Å². The summed E-state index contributed by atoms with van der Waals surface area (Å²) in [5.41, 5.74) is 0. The Morgan fingerprint density at radius 2 is 2.04 bits per heavy atom. The zero-order valence-electron chi connectivity index (χ0n) is 16.3. The topological polar surface area (TPSA) is 48.9 Å². The molecule has 1 aliphatic heterocycles. The van der Waals surface area contributed by atoms with Gasteiger partial charge in [-0.3, -0.25) is 9.89 Å². The first kappa shape index (κ1) is 23.9. The van der Waals surface area contributed by atoms with Crippen molar-refractivity contribution in [2.75, 3.05) is 39.9 Å². The fraction of sp³-hybridized carbons (Fsp3) is 0.944. The minimum Gasteiger partial charge on any atom is -0.383 e. The average molecular weight is 454 g/mol. The SMILES string of the molecule is CCNC(=NCC1CCCN1CCOC)NC(C)CCC(C)C.I. The van der Waals surface area contributed by atoms with Gasteiger partial charge in [-0.2, -0.15) is 0 Å². The van der Waals surface area contributed by atoms with Crippen molar-refractivity contribution in [3.05, 3.63) is 0 Å². The van der Waals surface area contributed by atoms with E-state index in [0.717, 1.165) is 38.1 Å². The molecule has 0 aromatic heterocycles. The van der Waals surface area contributed by atoms with Crippen molar-refractivity contribution in [3.63, 3.8) is 0 Å². The van der Waals surface area contributed by atoms with Gasteiger partial charge in [0, 0.05) is 32.3 Å². The minimum atomic E-state index is 0. The maximum absolute atomic E-state index is 5.21. The molecule has 24 heavy (non-hydrogen) atoms. The third-order valence-corrected chi connectivity index (χ3v) is 4.45. The van der Waals surface area contributed by atoms with Gasteiger partial charge in [-0.1, -0.05) is 13.8 Å². The molecular formula is C18H39IN4O. The molecular weight excluding hydrogens is 415 g/mol. The first-order valence-corrected chi connectivity index (χ1v) is 9.34. The lowest BCUT2D eigenvalue weighted by Crippen LogP contribution is -2.43. The van der Waals surface area contributed by atoms with E-state index in [-0.39, 0.29) is 24.0 Å². The second-order valence-electron chi connectivity index (χ2n) is 7.06. The van der Waals surface area contributed by atoms with Crippen LogP contribution in [0.5, 0.6) is 0 Å². The van der Waals surface area contributed by atoms with Crippen molar-refractivity contribution in [1.82, 2.24) is 15.5 Å². The molecule has 144 valence electrons. The molecule has 2 unspecified atom stereocenters. The van der Waals surface area contributed by atoms with Gasteiger partial charge in [0.15, 0.2) is 5.96 Å². The molecule has 1 heterocycles. The number of nitrogens with one attached hydrogen (secondary N) is 2. The van der Waals surface area contributed by atoms with Crippen LogP contribution in [0.1, 0.15) is 53.4 Å². The molecule has 6 heteroatoms. The molecule has 0 aromatic rings. The van der Waals surface area contributed by atoms with E-state index in [1.165, 1.54) is 32.2 Å². The number of guanidine groups is 1. The van der Waals surface area contributed by atoms with Crippen molar-refractivity contribution in [1.29, 1.82) is 0 Å². The summed E-state index contributed by atoms with van der Waals surface area (Å²) in [6, 6.07) is 1.02. The van der Waals surface area contributed by atoms with Crippen LogP contribution in [-0.4, -0.2) is 62.8 Å². The van der Waals surface area contributed by atoms with Crippen LogP contribution in [-0.2, 0) is 4.74 Å². The van der Waals surface area contributed by atoms with Crippen LogP contribution in [0.25, 0.3) is 0 Å². The summed E-state index contributed by atoms with van der Waals surface area (Å²) in [7, 11) is 1.77. The summed E-state index contributed by atoms with van der Waals surface area (Å²) in [6.45, 7) is 13.7. The molecule has 0 amide bonds. The fourth-order valence-electron chi connectivity index (χ4n) is 3.01. The van der Waals surface area contributed by atoms with E-state index < -0.39 is 0 Å². The largest absolute Gasteiger partial charge is 0.383 e. The van der Waals surface area contributed by atoms with Crippen LogP contribution in [0.15, 0.2) is 4.99 Å². The van der Waals surface area contributed by atoms with E-state index in [1.807, 2.05) is 0 Å². The Morgan fingerprint density at radius 1 is 1.29 bits per heavy atom. The van der Waals surface area contributed by atoms with Gasteiger partial charge in [0.1, 0.15) is 0 Å². The molecule has 1 fully saturated rings. The molecule has 0 bridgehead atoms. The van der Waals surface area contributed by atoms with Gasteiger partial charge in [0.2, 0.25) is 0 Å². The van der Waals surface area contributed by atoms with E-state index in [4.69, 9.17) is 9.73 Å². The molecule has 2 N–H and O–H groups in total. The number of nitrogens with zero attached hydrogens (tertiary/aromatic N) is 2. The lowest BCUT2D eigenvalue weighted by molar-refractivity contribution is 0.142. The maximum Gasteiger partial charge on any atom is 0.191 e. The van der Waals surface area contributed by atoms with E-state index in [1.54, 1.807) is 7.11 Å². The Labute approximate surface area is 166 Å². The molecule has 0 radical (unpaired) electrons. The summed E-state index contributed by atoms with van der Waals surface area (Å²) < 4.78 is 5.21. The highest BCUT2D eigenvalue weighted by molar-refractivity contribution is 14.0. The summed E-state index contributed by atoms with van der Waals surface area (Å²) in [5, 5.41) is 6.93. The number of rotatable bonds is 10.